The Hall–Kier alpha value is -1.42. The molecule has 0 aliphatic heterocycles. The number of hydrogen-bond donors (Lipinski definition) is 1. The topological polar surface area (TPSA) is 73.2 Å². The lowest BCUT2D eigenvalue weighted by molar-refractivity contribution is 0.309. The SMILES string of the molecule is CCN(CC)CCNS(=O)(=O)c1cc(C#N)ccc1C. The Morgan fingerprint density at radius 2 is 1.95 bits per heavy atom. The third-order valence-corrected chi connectivity index (χ3v) is 4.82. The normalized spacial score (nSPS) is 11.6. The van der Waals surface area contributed by atoms with Crippen LogP contribution in [0.3, 0.4) is 0 Å². The summed E-state index contributed by atoms with van der Waals surface area (Å²) >= 11 is 0. The third kappa shape index (κ3) is 4.30. The van der Waals surface area contributed by atoms with Gasteiger partial charge in [0.15, 0.2) is 0 Å². The van der Waals surface area contributed by atoms with E-state index in [0.717, 1.165) is 13.1 Å². The van der Waals surface area contributed by atoms with Crippen molar-refractivity contribution in [1.82, 2.24) is 9.62 Å². The van der Waals surface area contributed by atoms with Gasteiger partial charge in [0.1, 0.15) is 0 Å². The second-order valence-corrected chi connectivity index (χ2v) is 6.25. The second-order valence-electron chi connectivity index (χ2n) is 4.52. The van der Waals surface area contributed by atoms with Crippen molar-refractivity contribution in [1.29, 1.82) is 5.26 Å². The van der Waals surface area contributed by atoms with Crippen LogP contribution in [-0.2, 0) is 10.0 Å². The number of nitriles is 1. The van der Waals surface area contributed by atoms with Crippen LogP contribution < -0.4 is 4.72 Å². The molecular weight excluding hydrogens is 274 g/mol. The standard InChI is InChI=1S/C14H21N3O2S/c1-4-17(5-2)9-8-16-20(18,19)14-10-13(11-15)7-6-12(14)3/h6-7,10,16H,4-5,8-9H2,1-3H3. The van der Waals surface area contributed by atoms with E-state index >= 15 is 0 Å². The Kier molecular flexibility index (Phi) is 6.14. The number of nitrogens with one attached hydrogen (secondary N) is 1. The Bertz CT molecular complexity index is 587. The number of benzene rings is 1. The molecule has 0 aliphatic carbocycles. The fourth-order valence-corrected chi connectivity index (χ4v) is 3.20. The van der Waals surface area contributed by atoms with Crippen molar-refractivity contribution >= 4 is 10.0 Å². The number of hydrogen-bond acceptors (Lipinski definition) is 4. The van der Waals surface area contributed by atoms with Crippen molar-refractivity contribution in [3.05, 3.63) is 29.3 Å². The van der Waals surface area contributed by atoms with E-state index in [0.29, 0.717) is 24.2 Å². The number of sulfonamides is 1. The highest BCUT2D eigenvalue weighted by atomic mass is 32.2. The molecule has 0 fully saturated rings. The molecule has 0 saturated carbocycles. The smallest absolute Gasteiger partial charge is 0.240 e. The van der Waals surface area contributed by atoms with Gasteiger partial charge in [0.2, 0.25) is 10.0 Å². The molecule has 0 amide bonds. The molecule has 0 bridgehead atoms. The van der Waals surface area contributed by atoms with Crippen LogP contribution in [0.4, 0.5) is 0 Å². The van der Waals surface area contributed by atoms with Crippen molar-refractivity contribution in [2.24, 2.45) is 0 Å². The van der Waals surface area contributed by atoms with Gasteiger partial charge in [-0.15, -0.1) is 0 Å². The zero-order valence-electron chi connectivity index (χ0n) is 12.2. The minimum atomic E-state index is -3.56. The van der Waals surface area contributed by atoms with Crippen molar-refractivity contribution in [3.8, 4) is 6.07 Å². The van der Waals surface area contributed by atoms with Crippen LogP contribution in [-0.4, -0.2) is 39.5 Å². The maximum absolute atomic E-state index is 12.2. The monoisotopic (exact) mass is 295 g/mol. The Morgan fingerprint density at radius 1 is 1.30 bits per heavy atom. The maximum atomic E-state index is 12.2. The van der Waals surface area contributed by atoms with Crippen LogP contribution in [0.5, 0.6) is 0 Å². The van der Waals surface area contributed by atoms with Crippen LogP contribution >= 0.6 is 0 Å². The van der Waals surface area contributed by atoms with Crippen LogP contribution in [0, 0.1) is 18.3 Å². The summed E-state index contributed by atoms with van der Waals surface area (Å²) in [6, 6.07) is 6.64. The van der Waals surface area contributed by atoms with Crippen molar-refractivity contribution in [2.75, 3.05) is 26.2 Å². The van der Waals surface area contributed by atoms with Gasteiger partial charge in [0.05, 0.1) is 16.5 Å². The maximum Gasteiger partial charge on any atom is 0.240 e. The lowest BCUT2D eigenvalue weighted by atomic mass is 10.2. The van der Waals surface area contributed by atoms with Gasteiger partial charge in [-0.1, -0.05) is 19.9 Å². The quantitative estimate of drug-likeness (QED) is 0.827. The molecule has 5 nitrogen and oxygen atoms in total. The lowest BCUT2D eigenvalue weighted by Gasteiger charge is -2.18. The van der Waals surface area contributed by atoms with E-state index in [-0.39, 0.29) is 4.90 Å². The number of aryl methyl sites for hydroxylation is 1. The predicted molar refractivity (Wildman–Crippen MR) is 78.9 cm³/mol. The molecule has 0 aromatic heterocycles. The molecule has 1 rings (SSSR count). The first-order chi connectivity index (χ1) is 9.44. The van der Waals surface area contributed by atoms with Crippen LogP contribution in [0.2, 0.25) is 0 Å². The average Bonchev–Trinajstić information content (AvgIpc) is 2.44. The highest BCUT2D eigenvalue weighted by Gasteiger charge is 2.17. The summed E-state index contributed by atoms with van der Waals surface area (Å²) in [5.74, 6) is 0. The largest absolute Gasteiger partial charge is 0.303 e. The average molecular weight is 295 g/mol. The molecule has 20 heavy (non-hydrogen) atoms. The van der Waals surface area contributed by atoms with Crippen LogP contribution in [0.25, 0.3) is 0 Å². The van der Waals surface area contributed by atoms with Gasteiger partial charge in [-0.3, -0.25) is 0 Å². The molecule has 0 spiro atoms. The molecule has 0 saturated heterocycles. The van der Waals surface area contributed by atoms with Gasteiger partial charge in [-0.05, 0) is 37.7 Å². The molecule has 110 valence electrons. The molecule has 1 aromatic carbocycles. The predicted octanol–water partition coefficient (Wildman–Crippen LogP) is 1.49. The van der Waals surface area contributed by atoms with E-state index in [1.807, 2.05) is 19.9 Å². The Labute approximate surface area is 121 Å². The summed E-state index contributed by atoms with van der Waals surface area (Å²) in [7, 11) is -3.56. The highest BCUT2D eigenvalue weighted by Crippen LogP contribution is 2.16. The van der Waals surface area contributed by atoms with E-state index < -0.39 is 10.0 Å². The Balaban J connectivity index is 2.82. The molecule has 0 heterocycles. The van der Waals surface area contributed by atoms with Crippen molar-refractivity contribution < 1.29 is 8.42 Å². The zero-order valence-corrected chi connectivity index (χ0v) is 13.0. The van der Waals surface area contributed by atoms with E-state index in [1.54, 1.807) is 19.1 Å². The van der Waals surface area contributed by atoms with Gasteiger partial charge in [0, 0.05) is 13.1 Å². The number of likely N-dealkylation sites (N-methyl/N-ethyl adjacent to an activating group) is 1. The molecule has 0 radical (unpaired) electrons. The van der Waals surface area contributed by atoms with Crippen molar-refractivity contribution in [2.45, 2.75) is 25.7 Å². The third-order valence-electron chi connectivity index (χ3n) is 3.22. The molecule has 1 N–H and O–H groups in total. The van der Waals surface area contributed by atoms with Gasteiger partial charge in [-0.2, -0.15) is 5.26 Å². The van der Waals surface area contributed by atoms with Crippen LogP contribution in [0.1, 0.15) is 25.0 Å². The fraction of sp³-hybridized carbons (Fsp3) is 0.500. The van der Waals surface area contributed by atoms with Crippen molar-refractivity contribution in [3.63, 3.8) is 0 Å². The molecule has 1 aromatic rings. The molecular formula is C14H21N3O2S. The fourth-order valence-electron chi connectivity index (χ4n) is 1.91. The lowest BCUT2D eigenvalue weighted by Crippen LogP contribution is -2.35. The zero-order chi connectivity index (χ0) is 15.2. The van der Waals surface area contributed by atoms with E-state index in [4.69, 9.17) is 5.26 Å². The molecule has 0 aliphatic rings. The Morgan fingerprint density at radius 3 is 2.50 bits per heavy atom. The van der Waals surface area contributed by atoms with E-state index in [2.05, 4.69) is 9.62 Å². The summed E-state index contributed by atoms with van der Waals surface area (Å²) in [5.41, 5.74) is 0.985. The molecule has 0 unspecified atom stereocenters. The first-order valence-electron chi connectivity index (χ1n) is 6.67. The minimum absolute atomic E-state index is 0.177. The summed E-state index contributed by atoms with van der Waals surface area (Å²) in [6.07, 6.45) is 0. The minimum Gasteiger partial charge on any atom is -0.303 e. The second kappa shape index (κ2) is 7.39. The van der Waals surface area contributed by atoms with E-state index in [9.17, 15) is 8.42 Å². The molecule has 6 heteroatoms. The number of nitrogens with zero attached hydrogens (tertiary/aromatic N) is 2. The summed E-state index contributed by atoms with van der Waals surface area (Å²) in [6.45, 7) is 8.61. The van der Waals surface area contributed by atoms with Crippen LogP contribution in [0.15, 0.2) is 23.1 Å². The van der Waals surface area contributed by atoms with Gasteiger partial charge in [-0.25, -0.2) is 13.1 Å². The van der Waals surface area contributed by atoms with Gasteiger partial charge >= 0.3 is 0 Å². The summed E-state index contributed by atoms with van der Waals surface area (Å²) in [5, 5.41) is 8.86. The first-order valence-corrected chi connectivity index (χ1v) is 8.15. The molecule has 0 atom stereocenters. The number of rotatable bonds is 7. The van der Waals surface area contributed by atoms with Gasteiger partial charge < -0.3 is 4.90 Å². The first kappa shape index (κ1) is 16.6. The summed E-state index contributed by atoms with van der Waals surface area (Å²) in [4.78, 5) is 2.32. The summed E-state index contributed by atoms with van der Waals surface area (Å²) < 4.78 is 27.1. The van der Waals surface area contributed by atoms with E-state index in [1.165, 1.54) is 6.07 Å². The van der Waals surface area contributed by atoms with Gasteiger partial charge in [0.25, 0.3) is 0 Å². The highest BCUT2D eigenvalue weighted by molar-refractivity contribution is 7.89.